The molecule has 0 amide bonds. The maximum atomic E-state index is 12.0. The predicted molar refractivity (Wildman–Crippen MR) is 71.2 cm³/mol. The van der Waals surface area contributed by atoms with E-state index in [4.69, 9.17) is 16.9 Å². The minimum atomic E-state index is -3.70. The molecule has 0 bridgehead atoms. The summed E-state index contributed by atoms with van der Waals surface area (Å²) in [4.78, 5) is 3.93. The summed E-state index contributed by atoms with van der Waals surface area (Å²) >= 11 is 5.70. The van der Waals surface area contributed by atoms with Gasteiger partial charge in [-0.3, -0.25) is 4.72 Å². The summed E-state index contributed by atoms with van der Waals surface area (Å²) in [5.41, 5.74) is 0.356. The smallest absolute Gasteiger partial charge is 0.263 e. The number of nitrogens with zero attached hydrogens (tertiary/aromatic N) is 2. The van der Waals surface area contributed by atoms with Gasteiger partial charge in [0.15, 0.2) is 0 Å². The minimum absolute atomic E-state index is 0.0862. The summed E-state index contributed by atoms with van der Waals surface area (Å²) < 4.78 is 26.3. The van der Waals surface area contributed by atoms with Crippen LogP contribution < -0.4 is 4.72 Å². The highest BCUT2D eigenvalue weighted by Gasteiger charge is 2.14. The molecule has 0 spiro atoms. The molecular formula is C12H8ClN3O2S. The predicted octanol–water partition coefficient (Wildman–Crippen LogP) is 2.41. The van der Waals surface area contributed by atoms with Crippen molar-refractivity contribution in [3.05, 3.63) is 53.2 Å². The second kappa shape index (κ2) is 5.26. The highest BCUT2D eigenvalue weighted by atomic mass is 35.5. The Morgan fingerprint density at radius 3 is 2.37 bits per heavy atom. The summed E-state index contributed by atoms with van der Waals surface area (Å²) in [6.45, 7) is 0. The van der Waals surface area contributed by atoms with Crippen molar-refractivity contribution in [3.63, 3.8) is 0 Å². The summed E-state index contributed by atoms with van der Waals surface area (Å²) in [6.07, 6.45) is 1.29. The molecule has 1 aromatic carbocycles. The number of aromatic nitrogens is 1. The Morgan fingerprint density at radius 1 is 1.16 bits per heavy atom. The molecule has 2 rings (SSSR count). The zero-order chi connectivity index (χ0) is 13.9. The van der Waals surface area contributed by atoms with E-state index in [1.54, 1.807) is 0 Å². The van der Waals surface area contributed by atoms with Gasteiger partial charge in [-0.05, 0) is 36.4 Å². The van der Waals surface area contributed by atoms with E-state index in [9.17, 15) is 8.42 Å². The van der Waals surface area contributed by atoms with E-state index >= 15 is 0 Å². The summed E-state index contributed by atoms with van der Waals surface area (Å²) in [6, 6.07) is 10.6. The van der Waals surface area contributed by atoms with Gasteiger partial charge in [0.1, 0.15) is 11.9 Å². The SMILES string of the molecule is N#Cc1ccc(NS(=O)(=O)c2ccc(Cl)cc2)nc1. The molecule has 0 aliphatic carbocycles. The molecule has 0 saturated heterocycles. The molecule has 2 aromatic rings. The number of rotatable bonds is 3. The molecule has 0 aliphatic heterocycles. The first-order valence-corrected chi connectivity index (χ1v) is 7.02. The normalized spacial score (nSPS) is 10.7. The lowest BCUT2D eigenvalue weighted by atomic mass is 10.3. The highest BCUT2D eigenvalue weighted by molar-refractivity contribution is 7.92. The molecule has 0 radical (unpaired) electrons. The third kappa shape index (κ3) is 3.22. The summed E-state index contributed by atoms with van der Waals surface area (Å²) in [7, 11) is -3.70. The van der Waals surface area contributed by atoms with E-state index in [2.05, 4.69) is 9.71 Å². The monoisotopic (exact) mass is 293 g/mol. The lowest BCUT2D eigenvalue weighted by Gasteiger charge is -2.07. The summed E-state index contributed by atoms with van der Waals surface area (Å²) in [5.74, 6) is 0.147. The Morgan fingerprint density at radius 2 is 1.84 bits per heavy atom. The van der Waals surface area contributed by atoms with Crippen molar-refractivity contribution < 1.29 is 8.42 Å². The maximum Gasteiger partial charge on any atom is 0.263 e. The van der Waals surface area contributed by atoms with Crippen molar-refractivity contribution in [2.24, 2.45) is 0 Å². The van der Waals surface area contributed by atoms with Crippen LogP contribution in [0.25, 0.3) is 0 Å². The Hall–Kier alpha value is -2.10. The van der Waals surface area contributed by atoms with Gasteiger partial charge in [-0.15, -0.1) is 0 Å². The molecule has 19 heavy (non-hydrogen) atoms. The van der Waals surface area contributed by atoms with Gasteiger partial charge in [0.2, 0.25) is 0 Å². The lowest BCUT2D eigenvalue weighted by Crippen LogP contribution is -2.13. The Labute approximate surface area is 115 Å². The minimum Gasteiger partial charge on any atom is -0.263 e. The number of pyridine rings is 1. The summed E-state index contributed by atoms with van der Waals surface area (Å²) in [5, 5.41) is 9.08. The average Bonchev–Trinajstić information content (AvgIpc) is 2.40. The number of anilines is 1. The van der Waals surface area contributed by atoms with Gasteiger partial charge in [-0.2, -0.15) is 5.26 Å². The van der Waals surface area contributed by atoms with Gasteiger partial charge >= 0.3 is 0 Å². The second-order valence-electron chi connectivity index (χ2n) is 3.60. The Bertz CT molecular complexity index is 719. The van der Waals surface area contributed by atoms with Crippen molar-refractivity contribution in [2.75, 3.05) is 4.72 Å². The number of benzene rings is 1. The second-order valence-corrected chi connectivity index (χ2v) is 5.72. The first-order valence-electron chi connectivity index (χ1n) is 5.16. The molecule has 0 unspecified atom stereocenters. The van der Waals surface area contributed by atoms with Gasteiger partial charge in [-0.25, -0.2) is 13.4 Å². The average molecular weight is 294 g/mol. The van der Waals surface area contributed by atoms with Crippen LogP contribution in [0.2, 0.25) is 5.02 Å². The Kier molecular flexibility index (Phi) is 3.69. The molecular weight excluding hydrogens is 286 g/mol. The lowest BCUT2D eigenvalue weighted by molar-refractivity contribution is 0.601. The van der Waals surface area contributed by atoms with Crippen molar-refractivity contribution in [3.8, 4) is 6.07 Å². The van der Waals surface area contributed by atoms with Gasteiger partial charge < -0.3 is 0 Å². The van der Waals surface area contributed by atoms with Gasteiger partial charge in [-0.1, -0.05) is 11.6 Å². The third-order valence-corrected chi connectivity index (χ3v) is 3.88. The van der Waals surface area contributed by atoms with E-state index in [1.807, 2.05) is 6.07 Å². The van der Waals surface area contributed by atoms with Crippen molar-refractivity contribution in [1.82, 2.24) is 4.98 Å². The van der Waals surface area contributed by atoms with E-state index in [0.717, 1.165) is 0 Å². The highest BCUT2D eigenvalue weighted by Crippen LogP contribution is 2.17. The van der Waals surface area contributed by atoms with Crippen LogP contribution in [0.3, 0.4) is 0 Å². The van der Waals surface area contributed by atoms with E-state index in [1.165, 1.54) is 42.6 Å². The van der Waals surface area contributed by atoms with Crippen LogP contribution >= 0.6 is 11.6 Å². The molecule has 5 nitrogen and oxygen atoms in total. The first-order chi connectivity index (χ1) is 9.01. The van der Waals surface area contributed by atoms with Crippen LogP contribution in [0.5, 0.6) is 0 Å². The molecule has 96 valence electrons. The number of sulfonamides is 1. The number of halogens is 1. The molecule has 0 aliphatic rings. The van der Waals surface area contributed by atoms with Gasteiger partial charge in [0.25, 0.3) is 10.0 Å². The van der Waals surface area contributed by atoms with Gasteiger partial charge in [0, 0.05) is 11.2 Å². The molecule has 1 N–H and O–H groups in total. The molecule has 1 aromatic heterocycles. The van der Waals surface area contributed by atoms with E-state index < -0.39 is 10.0 Å². The first kappa shape index (κ1) is 13.3. The number of nitriles is 1. The fourth-order valence-electron chi connectivity index (χ4n) is 1.33. The van der Waals surface area contributed by atoms with Crippen LogP contribution in [0.4, 0.5) is 5.82 Å². The van der Waals surface area contributed by atoms with Crippen LogP contribution in [0.1, 0.15) is 5.56 Å². The molecule has 0 fully saturated rings. The quantitative estimate of drug-likeness (QED) is 0.942. The zero-order valence-corrected chi connectivity index (χ0v) is 11.1. The zero-order valence-electron chi connectivity index (χ0n) is 9.54. The van der Waals surface area contributed by atoms with Crippen LogP contribution in [0.15, 0.2) is 47.5 Å². The fraction of sp³-hybridized carbons (Fsp3) is 0. The largest absolute Gasteiger partial charge is 0.263 e. The maximum absolute atomic E-state index is 12.0. The van der Waals surface area contributed by atoms with Crippen molar-refractivity contribution in [1.29, 1.82) is 5.26 Å². The number of hydrogen-bond acceptors (Lipinski definition) is 4. The Balaban J connectivity index is 2.26. The molecule has 0 atom stereocenters. The van der Waals surface area contributed by atoms with E-state index in [-0.39, 0.29) is 10.7 Å². The van der Waals surface area contributed by atoms with Crippen LogP contribution in [-0.2, 0) is 10.0 Å². The number of nitrogens with one attached hydrogen (secondary N) is 1. The molecule has 0 saturated carbocycles. The third-order valence-electron chi connectivity index (χ3n) is 2.26. The topological polar surface area (TPSA) is 82.9 Å². The molecule has 7 heteroatoms. The number of hydrogen-bond donors (Lipinski definition) is 1. The standard InChI is InChI=1S/C12H8ClN3O2S/c13-10-2-4-11(5-3-10)19(17,18)16-12-6-1-9(7-14)8-15-12/h1-6,8H,(H,15,16). The van der Waals surface area contributed by atoms with Crippen LogP contribution in [-0.4, -0.2) is 13.4 Å². The van der Waals surface area contributed by atoms with E-state index in [0.29, 0.717) is 10.6 Å². The van der Waals surface area contributed by atoms with Crippen molar-refractivity contribution >= 4 is 27.4 Å². The molecule has 1 heterocycles. The van der Waals surface area contributed by atoms with Crippen LogP contribution in [0, 0.1) is 11.3 Å². The van der Waals surface area contributed by atoms with Gasteiger partial charge in [0.05, 0.1) is 10.5 Å². The van der Waals surface area contributed by atoms with Crippen molar-refractivity contribution in [2.45, 2.75) is 4.90 Å². The fourth-order valence-corrected chi connectivity index (χ4v) is 2.47.